The normalized spacial score (nSPS) is 20.0. The van der Waals surface area contributed by atoms with Crippen molar-refractivity contribution >= 4 is 39.1 Å². The molecule has 0 aliphatic carbocycles. The molecule has 6 rings (SSSR count). The minimum absolute atomic E-state index is 0.484. The van der Waals surface area contributed by atoms with Crippen molar-refractivity contribution in [3.05, 3.63) is 47.9 Å². The van der Waals surface area contributed by atoms with E-state index < -0.39 is 0 Å². The Morgan fingerprint density at radius 1 is 1.13 bits per heavy atom. The number of thiazole rings is 1. The number of hydrogen-bond donors (Lipinski definition) is 2. The van der Waals surface area contributed by atoms with Crippen LogP contribution in [0.4, 0.5) is 17.6 Å². The van der Waals surface area contributed by atoms with Crippen molar-refractivity contribution in [2.24, 2.45) is 0 Å². The van der Waals surface area contributed by atoms with E-state index in [2.05, 4.69) is 43.5 Å². The Hall–Kier alpha value is -3.17. The Bertz CT molecular complexity index is 1290. The van der Waals surface area contributed by atoms with Crippen LogP contribution in [0.1, 0.15) is 17.7 Å². The summed E-state index contributed by atoms with van der Waals surface area (Å²) >= 11 is 1.61. The maximum absolute atomic E-state index is 4.80. The highest BCUT2D eigenvalue weighted by molar-refractivity contribution is 7.21. The highest BCUT2D eigenvalue weighted by atomic mass is 32.1. The van der Waals surface area contributed by atoms with Crippen LogP contribution in [0.25, 0.3) is 20.9 Å². The predicted octanol–water partition coefficient (Wildman–Crippen LogP) is 3.45. The van der Waals surface area contributed by atoms with Crippen LogP contribution in [0.5, 0.6) is 0 Å². The van der Waals surface area contributed by atoms with Crippen LogP contribution in [0.3, 0.4) is 0 Å². The summed E-state index contributed by atoms with van der Waals surface area (Å²) in [5, 5.41) is 7.78. The van der Waals surface area contributed by atoms with Crippen molar-refractivity contribution in [2.75, 3.05) is 23.3 Å². The molecule has 31 heavy (non-hydrogen) atoms. The number of hydrogen-bond acceptors (Lipinski definition) is 9. The maximum atomic E-state index is 4.80. The molecule has 2 atom stereocenters. The molecule has 0 amide bonds. The van der Waals surface area contributed by atoms with Gasteiger partial charge in [0.05, 0.1) is 10.2 Å². The van der Waals surface area contributed by atoms with E-state index in [1.165, 1.54) is 6.42 Å². The van der Waals surface area contributed by atoms with Gasteiger partial charge in [0, 0.05) is 55.4 Å². The molecule has 4 aromatic rings. The van der Waals surface area contributed by atoms with Gasteiger partial charge in [-0.3, -0.25) is 4.98 Å². The number of nitrogens with zero attached hydrogens (tertiary/aromatic N) is 6. The van der Waals surface area contributed by atoms with Crippen LogP contribution in [-0.2, 0) is 0 Å². The van der Waals surface area contributed by atoms with Gasteiger partial charge in [0.1, 0.15) is 22.3 Å². The minimum atomic E-state index is 0.484. The molecule has 2 aliphatic rings. The summed E-state index contributed by atoms with van der Waals surface area (Å²) in [6.07, 6.45) is 4.83. The van der Waals surface area contributed by atoms with Crippen molar-refractivity contribution in [2.45, 2.75) is 32.4 Å². The largest absolute Gasteiger partial charge is 0.335 e. The second kappa shape index (κ2) is 7.21. The van der Waals surface area contributed by atoms with Crippen molar-refractivity contribution in [3.8, 4) is 10.7 Å². The van der Waals surface area contributed by atoms with E-state index in [1.54, 1.807) is 17.5 Å². The van der Waals surface area contributed by atoms with Crippen LogP contribution in [-0.4, -0.2) is 50.1 Å². The molecule has 156 valence electrons. The van der Waals surface area contributed by atoms with E-state index in [0.29, 0.717) is 12.1 Å². The fourth-order valence-electron chi connectivity index (χ4n) is 4.40. The summed E-state index contributed by atoms with van der Waals surface area (Å²) in [4.78, 5) is 25.7. The highest BCUT2D eigenvalue weighted by Crippen LogP contribution is 2.32. The molecule has 0 spiro atoms. The molecule has 4 aromatic heterocycles. The molecule has 6 heterocycles. The summed E-state index contributed by atoms with van der Waals surface area (Å²) in [7, 11) is 0. The zero-order valence-electron chi connectivity index (χ0n) is 17.3. The van der Waals surface area contributed by atoms with Gasteiger partial charge >= 0.3 is 0 Å². The van der Waals surface area contributed by atoms with Gasteiger partial charge in [0.25, 0.3) is 0 Å². The zero-order chi connectivity index (χ0) is 20.9. The number of aryl methyl sites for hydroxylation is 2. The quantitative estimate of drug-likeness (QED) is 0.509. The smallest absolute Gasteiger partial charge is 0.227 e. The first kappa shape index (κ1) is 18.6. The lowest BCUT2D eigenvalue weighted by atomic mass is 10.2. The van der Waals surface area contributed by atoms with Gasteiger partial charge in [-0.1, -0.05) is 6.07 Å². The second-order valence-corrected chi connectivity index (χ2v) is 9.22. The highest BCUT2D eigenvalue weighted by Gasteiger charge is 2.39. The third-order valence-electron chi connectivity index (χ3n) is 5.90. The number of piperazine rings is 1. The molecule has 0 saturated carbocycles. The SMILES string of the molecule is Cc1cc(Nc2cc3nc(-c4ncccc4C)sc3cn2)nc(N2C[C@@H]3C[C@H]2CN3)n1. The van der Waals surface area contributed by atoms with Gasteiger partial charge in [-0.15, -0.1) is 11.3 Å². The lowest BCUT2D eigenvalue weighted by Gasteiger charge is -2.27. The molecular formula is C22H22N8S. The summed E-state index contributed by atoms with van der Waals surface area (Å²) in [5.41, 5.74) is 3.87. The molecule has 2 aliphatic heterocycles. The van der Waals surface area contributed by atoms with Crippen molar-refractivity contribution < 1.29 is 0 Å². The number of rotatable bonds is 4. The average Bonchev–Trinajstić information content (AvgIpc) is 3.49. The molecule has 2 saturated heterocycles. The van der Waals surface area contributed by atoms with Crippen molar-refractivity contribution in [1.29, 1.82) is 0 Å². The molecule has 9 heteroatoms. The third-order valence-corrected chi connectivity index (χ3v) is 6.91. The third kappa shape index (κ3) is 3.39. The summed E-state index contributed by atoms with van der Waals surface area (Å²) in [6.45, 7) is 6.02. The maximum Gasteiger partial charge on any atom is 0.227 e. The van der Waals surface area contributed by atoms with E-state index in [-0.39, 0.29) is 0 Å². The van der Waals surface area contributed by atoms with E-state index in [0.717, 1.165) is 62.8 Å². The Labute approximate surface area is 183 Å². The Balaban J connectivity index is 1.29. The molecule has 0 unspecified atom stereocenters. The number of anilines is 3. The first-order valence-corrected chi connectivity index (χ1v) is 11.3. The van der Waals surface area contributed by atoms with Gasteiger partial charge in [-0.2, -0.15) is 4.98 Å². The molecule has 2 fully saturated rings. The molecule has 2 bridgehead atoms. The number of fused-ring (bicyclic) bond motifs is 3. The van der Waals surface area contributed by atoms with Gasteiger partial charge in [-0.05, 0) is 31.9 Å². The topological polar surface area (TPSA) is 91.8 Å². The lowest BCUT2D eigenvalue weighted by Crippen LogP contribution is -2.44. The first-order chi connectivity index (χ1) is 15.1. The first-order valence-electron chi connectivity index (χ1n) is 10.4. The van der Waals surface area contributed by atoms with Crippen LogP contribution in [0.2, 0.25) is 0 Å². The fourth-order valence-corrected chi connectivity index (χ4v) is 5.37. The molecular weight excluding hydrogens is 408 g/mol. The van der Waals surface area contributed by atoms with E-state index in [1.807, 2.05) is 31.3 Å². The average molecular weight is 431 g/mol. The van der Waals surface area contributed by atoms with Gasteiger partial charge in [0.15, 0.2) is 0 Å². The zero-order valence-corrected chi connectivity index (χ0v) is 18.1. The molecule has 8 nitrogen and oxygen atoms in total. The second-order valence-electron chi connectivity index (χ2n) is 8.19. The summed E-state index contributed by atoms with van der Waals surface area (Å²) in [6, 6.07) is 8.95. The monoisotopic (exact) mass is 430 g/mol. The minimum Gasteiger partial charge on any atom is -0.335 e. The van der Waals surface area contributed by atoms with Crippen LogP contribution in [0, 0.1) is 13.8 Å². The number of aromatic nitrogens is 5. The summed E-state index contributed by atoms with van der Waals surface area (Å²) in [5.74, 6) is 2.26. The van der Waals surface area contributed by atoms with E-state index in [9.17, 15) is 0 Å². The molecule has 2 N–H and O–H groups in total. The molecule has 0 aromatic carbocycles. The van der Waals surface area contributed by atoms with Crippen molar-refractivity contribution in [1.82, 2.24) is 30.2 Å². The molecule has 0 radical (unpaired) electrons. The van der Waals surface area contributed by atoms with E-state index >= 15 is 0 Å². The Kier molecular flexibility index (Phi) is 4.32. The Morgan fingerprint density at radius 3 is 2.87 bits per heavy atom. The summed E-state index contributed by atoms with van der Waals surface area (Å²) < 4.78 is 1.03. The Morgan fingerprint density at radius 2 is 2.06 bits per heavy atom. The van der Waals surface area contributed by atoms with Crippen LogP contribution in [0.15, 0.2) is 36.7 Å². The van der Waals surface area contributed by atoms with Gasteiger partial charge in [0.2, 0.25) is 5.95 Å². The number of nitrogens with one attached hydrogen (secondary N) is 2. The fraction of sp³-hybridized carbons (Fsp3) is 0.318. The van der Waals surface area contributed by atoms with Crippen LogP contribution >= 0.6 is 11.3 Å². The lowest BCUT2D eigenvalue weighted by molar-refractivity contribution is 0.571. The van der Waals surface area contributed by atoms with Gasteiger partial charge in [-0.25, -0.2) is 15.0 Å². The standard InChI is InChI=1S/C22H22N8S/c1-12-4-3-5-23-20(12)21-27-16-8-18(25-10-17(16)31-21)28-19-6-13(2)26-22(29-19)30-11-14-7-15(30)9-24-14/h3-6,8,10,14-15,24H,7,9,11H2,1-2H3,(H,25,26,28,29)/t14-,15-/m0/s1. The van der Waals surface area contributed by atoms with Crippen molar-refractivity contribution in [3.63, 3.8) is 0 Å². The number of pyridine rings is 2. The van der Waals surface area contributed by atoms with E-state index in [4.69, 9.17) is 9.97 Å². The van der Waals surface area contributed by atoms with Crippen LogP contribution < -0.4 is 15.5 Å². The van der Waals surface area contributed by atoms with Gasteiger partial charge < -0.3 is 15.5 Å². The predicted molar refractivity (Wildman–Crippen MR) is 123 cm³/mol.